The molecule has 1 saturated carbocycles. The van der Waals surface area contributed by atoms with Crippen LogP contribution in [-0.4, -0.2) is 18.1 Å². The number of nitrogens with one attached hydrogen (secondary N) is 1. The van der Waals surface area contributed by atoms with Gasteiger partial charge >= 0.3 is 0 Å². The second-order valence-corrected chi connectivity index (χ2v) is 5.23. The van der Waals surface area contributed by atoms with Crippen LogP contribution >= 0.6 is 0 Å². The van der Waals surface area contributed by atoms with Crippen molar-refractivity contribution >= 4 is 0 Å². The van der Waals surface area contributed by atoms with Crippen LogP contribution in [0.3, 0.4) is 0 Å². The molecule has 1 unspecified atom stereocenters. The molecule has 0 heterocycles. The second-order valence-electron chi connectivity index (χ2n) is 5.23. The molecule has 1 aliphatic carbocycles. The molecule has 0 amide bonds. The van der Waals surface area contributed by atoms with Crippen LogP contribution in [-0.2, 0) is 6.42 Å². The Morgan fingerprint density at radius 2 is 2.00 bits per heavy atom. The lowest BCUT2D eigenvalue weighted by Gasteiger charge is -2.16. The normalized spacial score (nSPS) is 19.4. The van der Waals surface area contributed by atoms with Crippen LogP contribution in [0, 0.1) is 0 Å². The van der Waals surface area contributed by atoms with Gasteiger partial charge in [-0.1, -0.05) is 30.3 Å². The lowest BCUT2D eigenvalue weighted by molar-refractivity contribution is 0.476. The summed E-state index contributed by atoms with van der Waals surface area (Å²) in [6.45, 7) is 3.22. The lowest BCUT2D eigenvalue weighted by atomic mass is 10.1. The molecule has 2 rings (SSSR count). The van der Waals surface area contributed by atoms with Crippen molar-refractivity contribution in [1.82, 2.24) is 5.32 Å². The van der Waals surface area contributed by atoms with Crippen molar-refractivity contribution in [3.05, 3.63) is 35.9 Å². The van der Waals surface area contributed by atoms with Crippen molar-refractivity contribution in [3.8, 4) is 0 Å². The van der Waals surface area contributed by atoms with E-state index in [-0.39, 0.29) is 6.04 Å². The highest BCUT2D eigenvalue weighted by Crippen LogP contribution is 2.33. The summed E-state index contributed by atoms with van der Waals surface area (Å²) in [6.07, 6.45) is 4.75. The van der Waals surface area contributed by atoms with E-state index in [9.17, 15) is 0 Å². The van der Waals surface area contributed by atoms with Gasteiger partial charge < -0.3 is 11.1 Å². The van der Waals surface area contributed by atoms with Gasteiger partial charge in [-0.15, -0.1) is 0 Å². The number of hydrogen-bond donors (Lipinski definition) is 2. The monoisotopic (exact) mass is 218 g/mol. The highest BCUT2D eigenvalue weighted by atomic mass is 15.0. The first kappa shape index (κ1) is 11.6. The number of rotatable bonds is 6. The molecule has 0 bridgehead atoms. The maximum Gasteiger partial charge on any atom is 0.0168 e. The number of hydrogen-bond acceptors (Lipinski definition) is 2. The summed E-state index contributed by atoms with van der Waals surface area (Å²) in [5.74, 6) is 0. The predicted molar refractivity (Wildman–Crippen MR) is 68.4 cm³/mol. The summed E-state index contributed by atoms with van der Waals surface area (Å²) in [7, 11) is 0. The van der Waals surface area contributed by atoms with Gasteiger partial charge in [-0.05, 0) is 38.2 Å². The van der Waals surface area contributed by atoms with E-state index < -0.39 is 0 Å². The Hall–Kier alpha value is -0.860. The highest BCUT2D eigenvalue weighted by molar-refractivity contribution is 5.14. The van der Waals surface area contributed by atoms with Crippen molar-refractivity contribution in [2.75, 3.05) is 6.54 Å². The minimum atomic E-state index is 0.276. The lowest BCUT2D eigenvalue weighted by Crippen LogP contribution is -2.39. The molecular formula is C14H22N2. The molecule has 1 atom stereocenters. The average molecular weight is 218 g/mol. The first-order valence-electron chi connectivity index (χ1n) is 6.22. The molecule has 1 aromatic rings. The maximum atomic E-state index is 6.09. The largest absolute Gasteiger partial charge is 0.327 e. The molecule has 1 aromatic carbocycles. The molecule has 16 heavy (non-hydrogen) atoms. The van der Waals surface area contributed by atoms with Gasteiger partial charge in [0.2, 0.25) is 0 Å². The molecule has 3 N–H and O–H groups in total. The SMILES string of the molecule is CC1(NCC(N)CCc2ccccc2)CC1. The van der Waals surface area contributed by atoms with E-state index in [2.05, 4.69) is 42.6 Å². The number of nitrogens with two attached hydrogens (primary N) is 1. The van der Waals surface area contributed by atoms with E-state index in [0.29, 0.717) is 5.54 Å². The fraction of sp³-hybridized carbons (Fsp3) is 0.571. The Labute approximate surface area is 98.2 Å². The molecule has 0 saturated heterocycles. The van der Waals surface area contributed by atoms with Gasteiger partial charge in [-0.3, -0.25) is 0 Å². The molecule has 2 nitrogen and oxygen atoms in total. The summed E-state index contributed by atoms with van der Waals surface area (Å²) >= 11 is 0. The Balaban J connectivity index is 1.65. The van der Waals surface area contributed by atoms with Crippen LogP contribution in [0.15, 0.2) is 30.3 Å². The van der Waals surface area contributed by atoms with E-state index in [0.717, 1.165) is 19.4 Å². The van der Waals surface area contributed by atoms with E-state index >= 15 is 0 Å². The zero-order chi connectivity index (χ0) is 11.4. The molecule has 2 heteroatoms. The molecule has 0 aromatic heterocycles. The van der Waals surface area contributed by atoms with Gasteiger partial charge in [-0.25, -0.2) is 0 Å². The van der Waals surface area contributed by atoms with E-state index in [4.69, 9.17) is 5.73 Å². The maximum absolute atomic E-state index is 6.09. The van der Waals surface area contributed by atoms with E-state index in [1.54, 1.807) is 0 Å². The van der Waals surface area contributed by atoms with Gasteiger partial charge in [0.1, 0.15) is 0 Å². The Bertz CT molecular complexity index is 317. The summed E-state index contributed by atoms with van der Waals surface area (Å²) in [4.78, 5) is 0. The van der Waals surface area contributed by atoms with Crippen LogP contribution < -0.4 is 11.1 Å². The first-order chi connectivity index (χ1) is 7.68. The van der Waals surface area contributed by atoms with Crippen LogP contribution in [0.25, 0.3) is 0 Å². The third-order valence-corrected chi connectivity index (χ3v) is 3.44. The second kappa shape index (κ2) is 4.98. The van der Waals surface area contributed by atoms with Gasteiger partial charge in [0, 0.05) is 18.1 Å². The quantitative estimate of drug-likeness (QED) is 0.767. The molecule has 0 aliphatic heterocycles. The van der Waals surface area contributed by atoms with Crippen molar-refractivity contribution in [2.24, 2.45) is 5.73 Å². The molecule has 1 aliphatic rings. The van der Waals surface area contributed by atoms with Crippen LogP contribution in [0.4, 0.5) is 0 Å². The Morgan fingerprint density at radius 3 is 2.62 bits per heavy atom. The molecule has 0 spiro atoms. The Morgan fingerprint density at radius 1 is 1.31 bits per heavy atom. The summed E-state index contributed by atoms with van der Waals surface area (Å²) < 4.78 is 0. The van der Waals surface area contributed by atoms with Crippen molar-refractivity contribution < 1.29 is 0 Å². The fourth-order valence-electron chi connectivity index (χ4n) is 1.84. The zero-order valence-corrected chi connectivity index (χ0v) is 10.1. The first-order valence-corrected chi connectivity index (χ1v) is 6.22. The van der Waals surface area contributed by atoms with Crippen LogP contribution in [0.1, 0.15) is 31.7 Å². The molecule has 1 fully saturated rings. The minimum Gasteiger partial charge on any atom is -0.327 e. The highest BCUT2D eigenvalue weighted by Gasteiger charge is 2.36. The molecular weight excluding hydrogens is 196 g/mol. The third-order valence-electron chi connectivity index (χ3n) is 3.44. The summed E-state index contributed by atoms with van der Waals surface area (Å²) in [5.41, 5.74) is 7.89. The third kappa shape index (κ3) is 3.62. The van der Waals surface area contributed by atoms with Gasteiger partial charge in [0.15, 0.2) is 0 Å². The van der Waals surface area contributed by atoms with Gasteiger partial charge in [0.05, 0.1) is 0 Å². The van der Waals surface area contributed by atoms with Crippen molar-refractivity contribution in [1.29, 1.82) is 0 Å². The molecule has 88 valence electrons. The smallest absolute Gasteiger partial charge is 0.0168 e. The van der Waals surface area contributed by atoms with E-state index in [1.165, 1.54) is 18.4 Å². The average Bonchev–Trinajstić information content (AvgIpc) is 3.04. The summed E-state index contributed by atoms with van der Waals surface area (Å²) in [6, 6.07) is 10.8. The fourth-order valence-corrected chi connectivity index (χ4v) is 1.84. The van der Waals surface area contributed by atoms with Crippen LogP contribution in [0.5, 0.6) is 0 Å². The van der Waals surface area contributed by atoms with Gasteiger partial charge in [-0.2, -0.15) is 0 Å². The van der Waals surface area contributed by atoms with E-state index in [1.807, 2.05) is 0 Å². The topological polar surface area (TPSA) is 38.0 Å². The zero-order valence-electron chi connectivity index (χ0n) is 10.1. The standard InChI is InChI=1S/C14H22N2/c1-14(9-10-14)16-11-13(15)8-7-12-5-3-2-4-6-12/h2-6,13,16H,7-11,15H2,1H3. The van der Waals surface area contributed by atoms with Crippen LogP contribution in [0.2, 0.25) is 0 Å². The van der Waals surface area contributed by atoms with Crippen molar-refractivity contribution in [3.63, 3.8) is 0 Å². The molecule has 0 radical (unpaired) electrons. The minimum absolute atomic E-state index is 0.276. The van der Waals surface area contributed by atoms with Crippen molar-refractivity contribution in [2.45, 2.75) is 44.2 Å². The summed E-state index contributed by atoms with van der Waals surface area (Å²) in [5, 5.41) is 3.54. The number of benzene rings is 1. The number of aryl methyl sites for hydroxylation is 1. The Kier molecular flexibility index (Phi) is 3.62. The predicted octanol–water partition coefficient (Wildman–Crippen LogP) is 2.09. The van der Waals surface area contributed by atoms with Gasteiger partial charge in [0.25, 0.3) is 0 Å².